The van der Waals surface area contributed by atoms with Gasteiger partial charge < -0.3 is 4.74 Å². The molecule has 11 heteroatoms. The van der Waals surface area contributed by atoms with E-state index in [1.807, 2.05) is 31.2 Å². The first-order chi connectivity index (χ1) is 14.4. The van der Waals surface area contributed by atoms with Crippen LogP contribution in [0.15, 0.2) is 47.8 Å². The minimum Gasteiger partial charge on any atom is -0.494 e. The molecule has 2 aromatic carbocycles. The third-order valence-electron chi connectivity index (χ3n) is 3.93. The molecular formula is C19H16N4O6S. The van der Waals surface area contributed by atoms with Crippen molar-refractivity contribution in [1.29, 1.82) is 0 Å². The third-order valence-corrected chi connectivity index (χ3v) is 4.69. The van der Waals surface area contributed by atoms with Gasteiger partial charge in [-0.3, -0.25) is 30.3 Å². The Morgan fingerprint density at radius 1 is 1.10 bits per heavy atom. The number of thiazole rings is 1. The summed E-state index contributed by atoms with van der Waals surface area (Å²) >= 11 is 1.16. The van der Waals surface area contributed by atoms with E-state index in [4.69, 9.17) is 4.74 Å². The van der Waals surface area contributed by atoms with Gasteiger partial charge in [-0.2, -0.15) is 0 Å². The Labute approximate surface area is 174 Å². The quantitative estimate of drug-likeness (QED) is 0.406. The molecule has 0 atom stereocenters. The molecule has 0 bridgehead atoms. The lowest BCUT2D eigenvalue weighted by molar-refractivity contribution is -0.394. The van der Waals surface area contributed by atoms with E-state index < -0.39 is 27.1 Å². The zero-order chi connectivity index (χ0) is 21.7. The molecule has 0 aliphatic carbocycles. The van der Waals surface area contributed by atoms with Gasteiger partial charge in [-0.25, -0.2) is 4.98 Å². The number of carbonyl (C=O) groups excluding carboxylic acids is 1. The summed E-state index contributed by atoms with van der Waals surface area (Å²) in [6, 6.07) is 10.1. The number of non-ortho nitro benzene ring substituents is 2. The van der Waals surface area contributed by atoms with Crippen LogP contribution in [0.3, 0.4) is 0 Å². The number of nitro benzene ring substituents is 2. The molecule has 0 unspecified atom stereocenters. The van der Waals surface area contributed by atoms with Gasteiger partial charge in [0.25, 0.3) is 17.3 Å². The normalized spacial score (nSPS) is 10.4. The lowest BCUT2D eigenvalue weighted by Crippen LogP contribution is -2.12. The summed E-state index contributed by atoms with van der Waals surface area (Å²) in [4.78, 5) is 37.2. The second-order valence-electron chi connectivity index (χ2n) is 6.12. The van der Waals surface area contributed by atoms with E-state index in [-0.39, 0.29) is 10.7 Å². The van der Waals surface area contributed by atoms with Gasteiger partial charge in [0.2, 0.25) is 0 Å². The lowest BCUT2D eigenvalue weighted by Gasteiger charge is -2.05. The van der Waals surface area contributed by atoms with Gasteiger partial charge in [-0.15, -0.1) is 11.3 Å². The number of carbonyl (C=O) groups is 1. The number of nitrogens with one attached hydrogen (secondary N) is 1. The standard InChI is InChI=1S/C19H16N4O6S/c1-2-7-29-16-5-3-12(4-6-16)17-11-30-19(20-17)21-18(24)13-8-14(22(25)26)10-15(9-13)23(27)28/h3-6,8-11H,2,7H2,1H3,(H,20,21,24). The largest absolute Gasteiger partial charge is 0.494 e. The molecule has 1 aromatic heterocycles. The Morgan fingerprint density at radius 3 is 2.30 bits per heavy atom. The van der Waals surface area contributed by atoms with Gasteiger partial charge in [0, 0.05) is 23.1 Å². The van der Waals surface area contributed by atoms with Crippen LogP contribution in [-0.2, 0) is 0 Å². The number of amides is 1. The Morgan fingerprint density at radius 2 is 1.73 bits per heavy atom. The van der Waals surface area contributed by atoms with Gasteiger partial charge in [0.15, 0.2) is 5.13 Å². The smallest absolute Gasteiger partial charge is 0.277 e. The summed E-state index contributed by atoms with van der Waals surface area (Å²) in [6.07, 6.45) is 0.907. The van der Waals surface area contributed by atoms with Crippen molar-refractivity contribution in [3.8, 4) is 17.0 Å². The van der Waals surface area contributed by atoms with E-state index in [1.165, 1.54) is 0 Å². The SMILES string of the molecule is CCCOc1ccc(-c2csc(NC(=O)c3cc([N+](=O)[O-])cc([N+](=O)[O-])c3)n2)cc1. The number of rotatable bonds is 8. The van der Waals surface area contributed by atoms with Crippen LogP contribution in [0, 0.1) is 20.2 Å². The highest BCUT2D eigenvalue weighted by molar-refractivity contribution is 7.14. The number of benzene rings is 2. The summed E-state index contributed by atoms with van der Waals surface area (Å²) in [7, 11) is 0. The van der Waals surface area contributed by atoms with Crippen molar-refractivity contribution < 1.29 is 19.4 Å². The zero-order valence-electron chi connectivity index (χ0n) is 15.7. The minimum atomic E-state index is -0.792. The fraction of sp³-hybridized carbons (Fsp3) is 0.158. The molecule has 0 saturated heterocycles. The van der Waals surface area contributed by atoms with E-state index >= 15 is 0 Å². The molecule has 10 nitrogen and oxygen atoms in total. The van der Waals surface area contributed by atoms with Crippen molar-refractivity contribution in [2.45, 2.75) is 13.3 Å². The average Bonchev–Trinajstić information content (AvgIpc) is 3.20. The van der Waals surface area contributed by atoms with Crippen LogP contribution < -0.4 is 10.1 Å². The number of hydrogen-bond acceptors (Lipinski definition) is 8. The second kappa shape index (κ2) is 9.09. The first-order valence-electron chi connectivity index (χ1n) is 8.81. The number of nitrogens with zero attached hydrogens (tertiary/aromatic N) is 3. The Balaban J connectivity index is 1.76. The highest BCUT2D eigenvalue weighted by Crippen LogP contribution is 2.28. The number of hydrogen-bond donors (Lipinski definition) is 1. The highest BCUT2D eigenvalue weighted by Gasteiger charge is 2.20. The Hall–Kier alpha value is -3.86. The van der Waals surface area contributed by atoms with Gasteiger partial charge in [-0.05, 0) is 30.7 Å². The molecule has 0 spiro atoms. The molecule has 0 fully saturated rings. The van der Waals surface area contributed by atoms with Crippen molar-refractivity contribution in [2.24, 2.45) is 0 Å². The molecule has 1 heterocycles. The van der Waals surface area contributed by atoms with Gasteiger partial charge in [0.05, 0.1) is 33.8 Å². The first-order valence-corrected chi connectivity index (χ1v) is 9.69. The van der Waals surface area contributed by atoms with Crippen LogP contribution in [0.2, 0.25) is 0 Å². The maximum atomic E-state index is 12.4. The van der Waals surface area contributed by atoms with E-state index in [9.17, 15) is 25.0 Å². The predicted octanol–water partition coefficient (Wildman–Crippen LogP) is 4.67. The topological polar surface area (TPSA) is 138 Å². The first kappa shape index (κ1) is 20.9. The second-order valence-corrected chi connectivity index (χ2v) is 6.98. The van der Waals surface area contributed by atoms with Crippen molar-refractivity contribution in [3.63, 3.8) is 0 Å². The van der Waals surface area contributed by atoms with Crippen LogP contribution >= 0.6 is 11.3 Å². The van der Waals surface area contributed by atoms with Crippen LogP contribution in [0.4, 0.5) is 16.5 Å². The summed E-state index contributed by atoms with van der Waals surface area (Å²) in [6.45, 7) is 2.65. The molecule has 3 rings (SSSR count). The maximum absolute atomic E-state index is 12.4. The minimum absolute atomic E-state index is 0.204. The van der Waals surface area contributed by atoms with Crippen LogP contribution in [0.25, 0.3) is 11.3 Å². The third kappa shape index (κ3) is 4.94. The molecule has 1 N–H and O–H groups in total. The molecular weight excluding hydrogens is 412 g/mol. The van der Waals surface area contributed by atoms with Gasteiger partial charge in [0.1, 0.15) is 5.75 Å². The van der Waals surface area contributed by atoms with Crippen molar-refractivity contribution in [3.05, 3.63) is 73.6 Å². The summed E-state index contributed by atoms with van der Waals surface area (Å²) < 4.78 is 5.54. The maximum Gasteiger partial charge on any atom is 0.277 e. The summed E-state index contributed by atoms with van der Waals surface area (Å²) in [5.74, 6) is 0.0163. The fourth-order valence-electron chi connectivity index (χ4n) is 2.51. The summed E-state index contributed by atoms with van der Waals surface area (Å²) in [5.41, 5.74) is 0.160. The Kier molecular flexibility index (Phi) is 6.32. The fourth-order valence-corrected chi connectivity index (χ4v) is 3.23. The lowest BCUT2D eigenvalue weighted by atomic mass is 10.1. The number of anilines is 1. The van der Waals surface area contributed by atoms with Crippen LogP contribution in [0.1, 0.15) is 23.7 Å². The molecule has 0 radical (unpaired) electrons. The van der Waals surface area contributed by atoms with E-state index in [2.05, 4.69) is 10.3 Å². The van der Waals surface area contributed by atoms with E-state index in [0.717, 1.165) is 47.3 Å². The highest BCUT2D eigenvalue weighted by atomic mass is 32.1. The average molecular weight is 428 g/mol. The van der Waals surface area contributed by atoms with Crippen LogP contribution in [0.5, 0.6) is 5.75 Å². The van der Waals surface area contributed by atoms with Crippen molar-refractivity contribution in [2.75, 3.05) is 11.9 Å². The Bertz CT molecular complexity index is 1060. The molecule has 0 aliphatic rings. The van der Waals surface area contributed by atoms with Crippen molar-refractivity contribution in [1.82, 2.24) is 4.98 Å². The molecule has 3 aromatic rings. The van der Waals surface area contributed by atoms with Gasteiger partial charge in [-0.1, -0.05) is 6.92 Å². The molecule has 0 aliphatic heterocycles. The zero-order valence-corrected chi connectivity index (χ0v) is 16.5. The monoisotopic (exact) mass is 428 g/mol. The molecule has 0 saturated carbocycles. The van der Waals surface area contributed by atoms with Gasteiger partial charge >= 0.3 is 0 Å². The van der Waals surface area contributed by atoms with Crippen LogP contribution in [-0.4, -0.2) is 27.3 Å². The van der Waals surface area contributed by atoms with Crippen molar-refractivity contribution >= 4 is 33.8 Å². The molecule has 30 heavy (non-hydrogen) atoms. The predicted molar refractivity (Wildman–Crippen MR) is 111 cm³/mol. The number of nitro groups is 2. The van der Waals surface area contributed by atoms with E-state index in [0.29, 0.717) is 12.3 Å². The summed E-state index contributed by atoms with van der Waals surface area (Å²) in [5, 5.41) is 26.5. The molecule has 1 amide bonds. The van der Waals surface area contributed by atoms with E-state index in [1.54, 1.807) is 5.38 Å². The molecule has 154 valence electrons. The number of ether oxygens (including phenoxy) is 1. The number of aromatic nitrogens is 1.